The van der Waals surface area contributed by atoms with E-state index in [0.29, 0.717) is 38.6 Å². The standard InChI is InChI=1S/C19H23Cl2N5O2/c1-11(2)7-8-22-18-23-16-15(24(18)3)17(27)26(19(28)25(16)4)10-12-5-6-13(20)14(21)9-12/h5-6,9,11H,7-8,10H2,1-4H3,(H,22,23). The van der Waals surface area contributed by atoms with E-state index in [4.69, 9.17) is 23.2 Å². The van der Waals surface area contributed by atoms with Gasteiger partial charge in [-0.2, -0.15) is 4.98 Å². The quantitative estimate of drug-likeness (QED) is 0.660. The minimum atomic E-state index is -0.435. The van der Waals surface area contributed by atoms with Gasteiger partial charge in [-0.1, -0.05) is 43.1 Å². The zero-order valence-electron chi connectivity index (χ0n) is 16.3. The van der Waals surface area contributed by atoms with E-state index >= 15 is 0 Å². The Morgan fingerprint density at radius 1 is 1.11 bits per heavy atom. The molecule has 3 aromatic rings. The third kappa shape index (κ3) is 3.82. The van der Waals surface area contributed by atoms with Gasteiger partial charge in [-0.05, 0) is 30.0 Å². The molecule has 0 atom stereocenters. The Labute approximate surface area is 172 Å². The van der Waals surface area contributed by atoms with Crippen molar-refractivity contribution in [1.29, 1.82) is 0 Å². The summed E-state index contributed by atoms with van der Waals surface area (Å²) in [7, 11) is 3.38. The predicted molar refractivity (Wildman–Crippen MR) is 114 cm³/mol. The lowest BCUT2D eigenvalue weighted by molar-refractivity contribution is 0.605. The lowest BCUT2D eigenvalue weighted by Crippen LogP contribution is -2.39. The maximum atomic E-state index is 13.1. The van der Waals surface area contributed by atoms with E-state index in [0.717, 1.165) is 13.0 Å². The van der Waals surface area contributed by atoms with E-state index in [2.05, 4.69) is 24.1 Å². The van der Waals surface area contributed by atoms with Gasteiger partial charge in [0, 0.05) is 20.6 Å². The van der Waals surface area contributed by atoms with Crippen molar-refractivity contribution >= 4 is 40.3 Å². The third-order valence-corrected chi connectivity index (χ3v) is 5.43. The molecule has 2 aromatic heterocycles. The second-order valence-electron chi connectivity index (χ2n) is 7.26. The number of hydrogen-bond acceptors (Lipinski definition) is 4. The van der Waals surface area contributed by atoms with Crippen LogP contribution in [0.15, 0.2) is 27.8 Å². The second kappa shape index (κ2) is 8.01. The first-order valence-electron chi connectivity index (χ1n) is 9.04. The van der Waals surface area contributed by atoms with Crippen molar-refractivity contribution in [2.24, 2.45) is 20.0 Å². The van der Waals surface area contributed by atoms with Crippen LogP contribution in [0.5, 0.6) is 0 Å². The summed E-state index contributed by atoms with van der Waals surface area (Å²) in [5.74, 6) is 1.12. The average Bonchev–Trinajstić information content (AvgIpc) is 2.96. The van der Waals surface area contributed by atoms with Crippen LogP contribution in [-0.2, 0) is 20.6 Å². The first-order valence-corrected chi connectivity index (χ1v) is 9.80. The van der Waals surface area contributed by atoms with Crippen molar-refractivity contribution in [3.8, 4) is 0 Å². The Morgan fingerprint density at radius 3 is 2.46 bits per heavy atom. The molecule has 0 bridgehead atoms. The summed E-state index contributed by atoms with van der Waals surface area (Å²) >= 11 is 12.0. The molecule has 0 aliphatic rings. The van der Waals surface area contributed by atoms with Crippen LogP contribution in [0.2, 0.25) is 10.0 Å². The normalized spacial score (nSPS) is 11.5. The van der Waals surface area contributed by atoms with Gasteiger partial charge in [-0.3, -0.25) is 13.9 Å². The molecule has 0 saturated heterocycles. The van der Waals surface area contributed by atoms with Gasteiger partial charge in [0.15, 0.2) is 11.2 Å². The summed E-state index contributed by atoms with van der Waals surface area (Å²) in [4.78, 5) is 30.3. The minimum Gasteiger partial charge on any atom is -0.356 e. The number of aryl methyl sites for hydroxylation is 2. The fraction of sp³-hybridized carbons (Fsp3) is 0.421. The van der Waals surface area contributed by atoms with Crippen LogP contribution >= 0.6 is 23.2 Å². The lowest BCUT2D eigenvalue weighted by Gasteiger charge is -2.10. The summed E-state index contributed by atoms with van der Waals surface area (Å²) in [6, 6.07) is 5.04. The summed E-state index contributed by atoms with van der Waals surface area (Å²) < 4.78 is 4.27. The largest absolute Gasteiger partial charge is 0.356 e. The third-order valence-electron chi connectivity index (χ3n) is 4.69. The summed E-state index contributed by atoms with van der Waals surface area (Å²) in [6.07, 6.45) is 0.976. The highest BCUT2D eigenvalue weighted by Crippen LogP contribution is 2.23. The Bertz CT molecular complexity index is 1140. The van der Waals surface area contributed by atoms with Gasteiger partial charge in [0.05, 0.1) is 16.6 Å². The number of rotatable bonds is 6. The molecule has 150 valence electrons. The van der Waals surface area contributed by atoms with Crippen LogP contribution in [0.4, 0.5) is 5.95 Å². The second-order valence-corrected chi connectivity index (χ2v) is 8.07. The molecule has 2 heterocycles. The maximum absolute atomic E-state index is 13.1. The zero-order valence-corrected chi connectivity index (χ0v) is 17.8. The van der Waals surface area contributed by atoms with Crippen LogP contribution in [-0.4, -0.2) is 25.2 Å². The molecular weight excluding hydrogens is 401 g/mol. The minimum absolute atomic E-state index is 0.0969. The van der Waals surface area contributed by atoms with E-state index in [-0.39, 0.29) is 6.54 Å². The van der Waals surface area contributed by atoms with Crippen molar-refractivity contribution in [2.75, 3.05) is 11.9 Å². The molecule has 0 unspecified atom stereocenters. The highest BCUT2D eigenvalue weighted by molar-refractivity contribution is 6.42. The molecule has 28 heavy (non-hydrogen) atoms. The van der Waals surface area contributed by atoms with Gasteiger partial charge >= 0.3 is 5.69 Å². The Morgan fingerprint density at radius 2 is 1.82 bits per heavy atom. The van der Waals surface area contributed by atoms with Crippen LogP contribution in [0.3, 0.4) is 0 Å². The maximum Gasteiger partial charge on any atom is 0.332 e. The van der Waals surface area contributed by atoms with Gasteiger partial charge in [0.25, 0.3) is 5.56 Å². The van der Waals surface area contributed by atoms with Crippen molar-refractivity contribution < 1.29 is 0 Å². The number of imidazole rings is 1. The first kappa shape index (κ1) is 20.5. The van der Waals surface area contributed by atoms with Gasteiger partial charge < -0.3 is 9.88 Å². The summed E-state index contributed by atoms with van der Waals surface area (Å²) in [5.41, 5.74) is 0.612. The van der Waals surface area contributed by atoms with E-state index < -0.39 is 11.2 Å². The number of nitrogens with one attached hydrogen (secondary N) is 1. The van der Waals surface area contributed by atoms with Gasteiger partial charge in [-0.25, -0.2) is 4.79 Å². The van der Waals surface area contributed by atoms with Crippen molar-refractivity contribution in [2.45, 2.75) is 26.8 Å². The van der Waals surface area contributed by atoms with Crippen LogP contribution in [0, 0.1) is 5.92 Å². The molecule has 0 amide bonds. The van der Waals surface area contributed by atoms with Crippen LogP contribution in [0.25, 0.3) is 11.2 Å². The number of nitrogens with zero attached hydrogens (tertiary/aromatic N) is 4. The van der Waals surface area contributed by atoms with Crippen molar-refractivity contribution in [1.82, 2.24) is 18.7 Å². The molecule has 7 nitrogen and oxygen atoms in total. The summed E-state index contributed by atoms with van der Waals surface area (Å²) in [6.45, 7) is 5.11. The van der Waals surface area contributed by atoms with Gasteiger partial charge in [0.1, 0.15) is 0 Å². The molecule has 0 spiro atoms. The Kier molecular flexibility index (Phi) is 5.86. The molecule has 1 aromatic carbocycles. The smallest absolute Gasteiger partial charge is 0.332 e. The van der Waals surface area contributed by atoms with Gasteiger partial charge in [-0.15, -0.1) is 0 Å². The number of fused-ring (bicyclic) bond motifs is 1. The van der Waals surface area contributed by atoms with Crippen molar-refractivity contribution in [3.63, 3.8) is 0 Å². The molecule has 0 radical (unpaired) electrons. The van der Waals surface area contributed by atoms with Gasteiger partial charge in [0.2, 0.25) is 5.95 Å². The summed E-state index contributed by atoms with van der Waals surface area (Å²) in [5, 5.41) is 4.04. The van der Waals surface area contributed by atoms with E-state index in [1.807, 2.05) is 0 Å². The van der Waals surface area contributed by atoms with Crippen molar-refractivity contribution in [3.05, 3.63) is 54.6 Å². The predicted octanol–water partition coefficient (Wildman–Crippen LogP) is 3.25. The highest BCUT2D eigenvalue weighted by Gasteiger charge is 2.18. The fourth-order valence-corrected chi connectivity index (χ4v) is 3.35. The topological polar surface area (TPSA) is 73.8 Å². The molecule has 0 saturated carbocycles. The van der Waals surface area contributed by atoms with E-state index in [1.54, 1.807) is 36.9 Å². The Balaban J connectivity index is 2.07. The number of halogens is 2. The average molecular weight is 424 g/mol. The fourth-order valence-electron chi connectivity index (χ4n) is 3.03. The zero-order chi connectivity index (χ0) is 20.6. The Hall–Kier alpha value is -2.25. The number of benzene rings is 1. The molecular formula is C19H23Cl2N5O2. The molecule has 9 heteroatoms. The number of hydrogen-bond donors (Lipinski definition) is 1. The highest BCUT2D eigenvalue weighted by atomic mass is 35.5. The monoisotopic (exact) mass is 423 g/mol. The van der Waals surface area contributed by atoms with Crippen LogP contribution in [0.1, 0.15) is 25.8 Å². The van der Waals surface area contributed by atoms with E-state index in [9.17, 15) is 9.59 Å². The number of anilines is 1. The SMILES string of the molecule is CC(C)CCNc1nc2c(c(=O)n(Cc3ccc(Cl)c(Cl)c3)c(=O)n2C)n1C. The molecule has 0 aliphatic heterocycles. The number of aromatic nitrogens is 4. The molecule has 3 rings (SSSR count). The first-order chi connectivity index (χ1) is 13.2. The molecule has 0 fully saturated rings. The van der Waals surface area contributed by atoms with Crippen LogP contribution < -0.4 is 16.6 Å². The van der Waals surface area contributed by atoms with E-state index in [1.165, 1.54) is 9.13 Å². The lowest BCUT2D eigenvalue weighted by atomic mass is 10.1. The molecule has 0 aliphatic carbocycles. The molecule has 1 N–H and O–H groups in total.